The van der Waals surface area contributed by atoms with Crippen LogP contribution in [0.25, 0.3) is 0 Å². The third kappa shape index (κ3) is 3.89. The molecule has 0 bridgehead atoms. The monoisotopic (exact) mass is 290 g/mol. The number of benzene rings is 1. The molecular weight excluding hydrogens is 276 g/mol. The molecule has 0 spiro atoms. The Labute approximate surface area is 120 Å². The number of aryl methyl sites for hydroxylation is 1. The van der Waals surface area contributed by atoms with Gasteiger partial charge in [-0.2, -0.15) is 0 Å². The van der Waals surface area contributed by atoms with Gasteiger partial charge in [0.2, 0.25) is 0 Å². The van der Waals surface area contributed by atoms with E-state index in [2.05, 4.69) is 10.3 Å². The number of carbonyl (C=O) groups excluding carboxylic acids is 2. The Bertz CT molecular complexity index is 620. The molecule has 20 heavy (non-hydrogen) atoms. The summed E-state index contributed by atoms with van der Waals surface area (Å²) in [5.74, 6) is 0.196. The second-order valence-electron chi connectivity index (χ2n) is 4.24. The van der Waals surface area contributed by atoms with Crippen molar-refractivity contribution in [2.24, 2.45) is 0 Å². The highest BCUT2D eigenvalue weighted by atomic mass is 32.1. The van der Waals surface area contributed by atoms with E-state index < -0.39 is 0 Å². The van der Waals surface area contributed by atoms with Crippen molar-refractivity contribution in [2.75, 3.05) is 11.9 Å². The van der Waals surface area contributed by atoms with Crippen molar-refractivity contribution in [3.05, 3.63) is 40.9 Å². The molecule has 0 saturated carbocycles. The summed E-state index contributed by atoms with van der Waals surface area (Å²) in [6, 6.07) is 7.43. The van der Waals surface area contributed by atoms with Crippen LogP contribution in [0, 0.1) is 6.92 Å². The fraction of sp³-hybridized carbons (Fsp3) is 0.214. The third-order valence-electron chi connectivity index (χ3n) is 2.50. The van der Waals surface area contributed by atoms with Gasteiger partial charge in [0.1, 0.15) is 11.4 Å². The van der Waals surface area contributed by atoms with E-state index in [1.165, 1.54) is 18.3 Å². The highest BCUT2D eigenvalue weighted by Crippen LogP contribution is 2.16. The molecule has 0 unspecified atom stereocenters. The molecule has 0 fully saturated rings. The molecule has 0 radical (unpaired) electrons. The molecule has 1 amide bonds. The number of nitrogens with zero attached hydrogens (tertiary/aromatic N) is 1. The maximum Gasteiger partial charge on any atom is 0.264 e. The zero-order chi connectivity index (χ0) is 14.5. The fourth-order valence-electron chi connectivity index (χ4n) is 1.43. The summed E-state index contributed by atoms with van der Waals surface area (Å²) in [5.41, 5.74) is 1.48. The lowest BCUT2D eigenvalue weighted by Gasteiger charge is -2.05. The molecule has 1 aromatic carbocycles. The molecule has 1 N–H and O–H groups in total. The van der Waals surface area contributed by atoms with Crippen LogP contribution in [0.4, 0.5) is 5.13 Å². The van der Waals surface area contributed by atoms with Gasteiger partial charge in [0.25, 0.3) is 5.91 Å². The van der Waals surface area contributed by atoms with Gasteiger partial charge in [0.05, 0.1) is 0 Å². The van der Waals surface area contributed by atoms with Crippen LogP contribution in [0.1, 0.15) is 23.0 Å². The first-order valence-electron chi connectivity index (χ1n) is 6.00. The molecule has 0 saturated heterocycles. The predicted molar refractivity (Wildman–Crippen MR) is 77.4 cm³/mol. The molecule has 2 aromatic rings. The van der Waals surface area contributed by atoms with Crippen LogP contribution in [0.2, 0.25) is 0 Å². The van der Waals surface area contributed by atoms with Crippen LogP contribution in [-0.2, 0) is 4.79 Å². The van der Waals surface area contributed by atoms with E-state index in [1.807, 2.05) is 19.1 Å². The topological polar surface area (TPSA) is 68.3 Å². The fourth-order valence-corrected chi connectivity index (χ4v) is 2.20. The van der Waals surface area contributed by atoms with Crippen LogP contribution in [-0.4, -0.2) is 23.3 Å². The molecule has 104 valence electrons. The van der Waals surface area contributed by atoms with Gasteiger partial charge in [-0.3, -0.25) is 14.9 Å². The number of anilines is 1. The Morgan fingerprint density at radius 3 is 2.60 bits per heavy atom. The first kappa shape index (κ1) is 14.2. The maximum absolute atomic E-state index is 11.7. The highest BCUT2D eigenvalue weighted by molar-refractivity contribution is 7.14. The summed E-state index contributed by atoms with van der Waals surface area (Å²) in [4.78, 5) is 26.8. The number of amides is 1. The lowest BCUT2D eigenvalue weighted by Crippen LogP contribution is -2.20. The van der Waals surface area contributed by atoms with Gasteiger partial charge >= 0.3 is 0 Å². The number of hydrogen-bond acceptors (Lipinski definition) is 5. The SMILES string of the molecule is CC(=O)c1csc(NC(=O)COc2ccc(C)cc2)n1. The first-order valence-corrected chi connectivity index (χ1v) is 6.88. The molecule has 1 aromatic heterocycles. The predicted octanol–water partition coefficient (Wildman–Crippen LogP) is 2.67. The van der Waals surface area contributed by atoms with Crippen LogP contribution in [0.15, 0.2) is 29.6 Å². The minimum Gasteiger partial charge on any atom is -0.484 e. The number of ketones is 1. The molecule has 1 heterocycles. The maximum atomic E-state index is 11.7. The molecule has 0 aliphatic carbocycles. The second-order valence-corrected chi connectivity index (χ2v) is 5.10. The van der Waals surface area contributed by atoms with E-state index in [9.17, 15) is 9.59 Å². The lowest BCUT2D eigenvalue weighted by molar-refractivity contribution is -0.118. The van der Waals surface area contributed by atoms with Gasteiger partial charge in [-0.15, -0.1) is 11.3 Å². The standard InChI is InChI=1S/C14H14N2O3S/c1-9-3-5-11(6-4-9)19-7-13(18)16-14-15-12(8-20-14)10(2)17/h3-6,8H,7H2,1-2H3,(H,15,16,18). The van der Waals surface area contributed by atoms with Crippen molar-refractivity contribution in [2.45, 2.75) is 13.8 Å². The smallest absolute Gasteiger partial charge is 0.264 e. The summed E-state index contributed by atoms with van der Waals surface area (Å²) in [6.45, 7) is 3.31. The number of Topliss-reactive ketones (excluding diaryl/α,β-unsaturated/α-hetero) is 1. The minimum absolute atomic E-state index is 0.0992. The van der Waals surface area contributed by atoms with Crippen molar-refractivity contribution in [3.63, 3.8) is 0 Å². The largest absolute Gasteiger partial charge is 0.484 e. The number of ether oxygens (including phenoxy) is 1. The van der Waals surface area contributed by atoms with Crippen LogP contribution in [0.5, 0.6) is 5.75 Å². The highest BCUT2D eigenvalue weighted by Gasteiger charge is 2.09. The third-order valence-corrected chi connectivity index (χ3v) is 3.26. The van der Waals surface area contributed by atoms with Crippen LogP contribution >= 0.6 is 11.3 Å². The van der Waals surface area contributed by atoms with Gasteiger partial charge in [-0.25, -0.2) is 4.98 Å². The summed E-state index contributed by atoms with van der Waals surface area (Å²) >= 11 is 1.21. The number of rotatable bonds is 5. The zero-order valence-electron chi connectivity index (χ0n) is 11.2. The van der Waals surface area contributed by atoms with Gasteiger partial charge in [-0.1, -0.05) is 17.7 Å². The van der Waals surface area contributed by atoms with E-state index in [0.29, 0.717) is 16.6 Å². The Hall–Kier alpha value is -2.21. The van der Waals surface area contributed by atoms with E-state index >= 15 is 0 Å². The van der Waals surface area contributed by atoms with E-state index in [1.54, 1.807) is 17.5 Å². The van der Waals surface area contributed by atoms with Crippen LogP contribution < -0.4 is 10.1 Å². The molecule has 6 heteroatoms. The number of nitrogens with one attached hydrogen (secondary N) is 1. The molecule has 5 nitrogen and oxygen atoms in total. The summed E-state index contributed by atoms with van der Waals surface area (Å²) in [5, 5.41) is 4.60. The molecule has 0 aliphatic heterocycles. The quantitative estimate of drug-likeness (QED) is 0.860. The lowest BCUT2D eigenvalue weighted by atomic mass is 10.2. The number of thiazole rings is 1. The number of hydrogen-bond donors (Lipinski definition) is 1. The van der Waals surface area contributed by atoms with E-state index in [0.717, 1.165) is 5.56 Å². The van der Waals surface area contributed by atoms with Gasteiger partial charge < -0.3 is 4.74 Å². The number of carbonyl (C=O) groups is 2. The van der Waals surface area contributed by atoms with Gasteiger partial charge in [0, 0.05) is 12.3 Å². The number of aromatic nitrogens is 1. The Morgan fingerprint density at radius 1 is 1.30 bits per heavy atom. The molecule has 0 aliphatic rings. The Balaban J connectivity index is 1.85. The van der Waals surface area contributed by atoms with E-state index in [4.69, 9.17) is 4.74 Å². The Morgan fingerprint density at radius 2 is 2.00 bits per heavy atom. The average Bonchev–Trinajstić information content (AvgIpc) is 2.87. The average molecular weight is 290 g/mol. The van der Waals surface area contributed by atoms with E-state index in [-0.39, 0.29) is 18.3 Å². The summed E-state index contributed by atoms with van der Waals surface area (Å²) < 4.78 is 5.35. The van der Waals surface area contributed by atoms with Crippen LogP contribution in [0.3, 0.4) is 0 Å². The van der Waals surface area contributed by atoms with Crippen molar-refractivity contribution in [1.29, 1.82) is 0 Å². The Kier molecular flexibility index (Phi) is 4.47. The summed E-state index contributed by atoms with van der Waals surface area (Å²) in [7, 11) is 0. The normalized spacial score (nSPS) is 10.1. The van der Waals surface area contributed by atoms with Crippen molar-refractivity contribution >= 4 is 28.2 Å². The van der Waals surface area contributed by atoms with Gasteiger partial charge in [-0.05, 0) is 19.1 Å². The molecule has 2 rings (SSSR count). The first-order chi connectivity index (χ1) is 9.54. The van der Waals surface area contributed by atoms with Crippen molar-refractivity contribution in [3.8, 4) is 5.75 Å². The van der Waals surface area contributed by atoms with Crippen molar-refractivity contribution < 1.29 is 14.3 Å². The van der Waals surface area contributed by atoms with Gasteiger partial charge in [0.15, 0.2) is 17.5 Å². The molecule has 0 atom stereocenters. The zero-order valence-corrected chi connectivity index (χ0v) is 12.0. The minimum atomic E-state index is -0.310. The second kappa shape index (κ2) is 6.29. The molecular formula is C14H14N2O3S. The summed E-state index contributed by atoms with van der Waals surface area (Å²) in [6.07, 6.45) is 0. The van der Waals surface area contributed by atoms with Crippen molar-refractivity contribution in [1.82, 2.24) is 4.98 Å².